The van der Waals surface area contributed by atoms with E-state index in [0.29, 0.717) is 9.90 Å². The standard InChI is InChI=1S/C27H17F4N3O4S3/c28-14-6-8-16(9-7-14)34-23(36)20-19(17-5-2-10-39-17)22-25(40-21(20)24(34)37)33(26(38)41-22)12-18(35)32-15-4-1-3-13(11-15)27(29,30)31/h1-11,19-21H,12H2,(H,32,35)/t19-,20?,21?/m1/s1. The van der Waals surface area contributed by atoms with Gasteiger partial charge in [-0.1, -0.05) is 35.2 Å². The number of nitrogens with zero attached hydrogens (tertiary/aromatic N) is 2. The number of carbonyl (C=O) groups is 3. The van der Waals surface area contributed by atoms with E-state index in [1.807, 2.05) is 5.38 Å². The fraction of sp³-hybridized carbons (Fsp3) is 0.185. The van der Waals surface area contributed by atoms with E-state index in [9.17, 15) is 36.7 Å². The van der Waals surface area contributed by atoms with Gasteiger partial charge in [-0.05, 0) is 53.9 Å². The number of thiophene rings is 1. The summed E-state index contributed by atoms with van der Waals surface area (Å²) in [5, 5.41) is 3.64. The number of rotatable bonds is 5. The van der Waals surface area contributed by atoms with Crippen LogP contribution in [0, 0.1) is 11.7 Å². The summed E-state index contributed by atoms with van der Waals surface area (Å²) in [5.41, 5.74) is -0.795. The van der Waals surface area contributed by atoms with Crippen molar-refractivity contribution in [1.82, 2.24) is 4.57 Å². The molecule has 2 aliphatic heterocycles. The van der Waals surface area contributed by atoms with Gasteiger partial charge < -0.3 is 5.32 Å². The SMILES string of the molecule is O=C(Cn1c2c(sc1=O)[C@H](c1cccs1)C1C(=O)N(c3ccc(F)cc3)C(=O)C1S2)Nc1cccc(C(F)(F)F)c1. The highest BCUT2D eigenvalue weighted by Gasteiger charge is 2.57. The van der Waals surface area contributed by atoms with Crippen LogP contribution in [0.1, 0.15) is 21.2 Å². The number of thiazole rings is 1. The molecule has 14 heteroatoms. The fourth-order valence-corrected chi connectivity index (χ4v) is 8.71. The van der Waals surface area contributed by atoms with E-state index in [1.54, 1.807) is 12.1 Å². The van der Waals surface area contributed by atoms with E-state index in [-0.39, 0.29) is 11.4 Å². The molecule has 2 aliphatic rings. The number of carbonyl (C=O) groups excluding carboxylic acids is 3. The summed E-state index contributed by atoms with van der Waals surface area (Å²) in [4.78, 5) is 55.1. The fourth-order valence-electron chi connectivity index (χ4n) is 4.99. The van der Waals surface area contributed by atoms with Gasteiger partial charge in [0.05, 0.1) is 22.2 Å². The monoisotopic (exact) mass is 619 g/mol. The van der Waals surface area contributed by atoms with Crippen LogP contribution in [0.5, 0.6) is 0 Å². The third-order valence-electron chi connectivity index (χ3n) is 6.76. The minimum atomic E-state index is -4.60. The van der Waals surface area contributed by atoms with Crippen LogP contribution >= 0.6 is 34.4 Å². The van der Waals surface area contributed by atoms with Crippen LogP contribution in [0.25, 0.3) is 0 Å². The molecule has 3 amide bonds. The molecule has 0 saturated carbocycles. The van der Waals surface area contributed by atoms with Crippen LogP contribution in [-0.2, 0) is 27.1 Å². The summed E-state index contributed by atoms with van der Waals surface area (Å²) in [6.07, 6.45) is -4.60. The van der Waals surface area contributed by atoms with Crippen molar-refractivity contribution < 1.29 is 31.9 Å². The van der Waals surface area contributed by atoms with Crippen molar-refractivity contribution in [1.29, 1.82) is 0 Å². The number of aromatic nitrogens is 1. The van der Waals surface area contributed by atoms with Crippen molar-refractivity contribution >= 4 is 63.5 Å². The summed E-state index contributed by atoms with van der Waals surface area (Å²) < 4.78 is 54.0. The second kappa shape index (κ2) is 10.3. The van der Waals surface area contributed by atoms with E-state index < -0.39 is 63.8 Å². The van der Waals surface area contributed by atoms with Crippen molar-refractivity contribution in [2.75, 3.05) is 10.2 Å². The van der Waals surface area contributed by atoms with Crippen LogP contribution in [0.3, 0.4) is 0 Å². The first kappa shape index (κ1) is 27.4. The second-order valence-corrected chi connectivity index (χ2v) is 12.4. The maximum absolute atomic E-state index is 13.7. The molecule has 4 aromatic rings. The summed E-state index contributed by atoms with van der Waals surface area (Å²) in [7, 11) is 0. The average Bonchev–Trinajstić information content (AvgIpc) is 3.62. The first-order valence-corrected chi connectivity index (χ1v) is 14.6. The molecule has 4 heterocycles. The Kier molecular flexibility index (Phi) is 6.86. The molecule has 6 rings (SSSR count). The number of halogens is 4. The van der Waals surface area contributed by atoms with E-state index in [1.165, 1.54) is 34.1 Å². The summed E-state index contributed by atoms with van der Waals surface area (Å²) in [6, 6.07) is 12.7. The number of anilines is 2. The smallest absolute Gasteiger partial charge is 0.325 e. The highest BCUT2D eigenvalue weighted by atomic mass is 32.2. The predicted octanol–water partition coefficient (Wildman–Crippen LogP) is 5.56. The first-order chi connectivity index (χ1) is 19.5. The average molecular weight is 620 g/mol. The maximum atomic E-state index is 13.7. The van der Waals surface area contributed by atoms with Crippen LogP contribution in [0.15, 0.2) is 75.9 Å². The van der Waals surface area contributed by atoms with Crippen LogP contribution < -0.4 is 15.1 Å². The minimum absolute atomic E-state index is 0.0855. The number of hydrogen-bond acceptors (Lipinski definition) is 7. The molecule has 2 unspecified atom stereocenters. The second-order valence-electron chi connectivity index (χ2n) is 9.30. The summed E-state index contributed by atoms with van der Waals surface area (Å²) in [6.45, 7) is -0.508. The van der Waals surface area contributed by atoms with Crippen LogP contribution in [-0.4, -0.2) is 27.5 Å². The summed E-state index contributed by atoms with van der Waals surface area (Å²) in [5.74, 6) is -3.73. The van der Waals surface area contributed by atoms with E-state index >= 15 is 0 Å². The number of alkyl halides is 3. The largest absolute Gasteiger partial charge is 0.416 e. The first-order valence-electron chi connectivity index (χ1n) is 12.1. The van der Waals surface area contributed by atoms with E-state index in [4.69, 9.17) is 0 Å². The number of thioether (sulfide) groups is 1. The molecule has 7 nitrogen and oxygen atoms in total. The number of hydrogen-bond donors (Lipinski definition) is 1. The van der Waals surface area contributed by atoms with Gasteiger partial charge in [0.15, 0.2) is 0 Å². The molecule has 2 aromatic heterocycles. The van der Waals surface area contributed by atoms with Gasteiger partial charge in [0.25, 0.3) is 0 Å². The molecule has 210 valence electrons. The molecule has 1 fully saturated rings. The predicted molar refractivity (Wildman–Crippen MR) is 147 cm³/mol. The zero-order valence-corrected chi connectivity index (χ0v) is 23.0. The Morgan fingerprint density at radius 2 is 1.73 bits per heavy atom. The van der Waals surface area contributed by atoms with Gasteiger partial charge in [-0.2, -0.15) is 13.2 Å². The molecular formula is C27H17F4N3O4S3. The van der Waals surface area contributed by atoms with Crippen LogP contribution in [0.2, 0.25) is 0 Å². The zero-order valence-electron chi connectivity index (χ0n) is 20.6. The highest BCUT2D eigenvalue weighted by molar-refractivity contribution is 8.00. The van der Waals surface area contributed by atoms with Crippen molar-refractivity contribution in [2.24, 2.45) is 5.92 Å². The number of imide groups is 1. The lowest BCUT2D eigenvalue weighted by atomic mass is 9.87. The lowest BCUT2D eigenvalue weighted by Crippen LogP contribution is -2.32. The molecule has 41 heavy (non-hydrogen) atoms. The molecular weight excluding hydrogens is 603 g/mol. The molecule has 3 atom stereocenters. The number of nitrogens with one attached hydrogen (secondary N) is 1. The minimum Gasteiger partial charge on any atom is -0.325 e. The van der Waals surface area contributed by atoms with Gasteiger partial charge in [0, 0.05) is 21.4 Å². The Morgan fingerprint density at radius 3 is 2.41 bits per heavy atom. The Balaban J connectivity index is 1.35. The maximum Gasteiger partial charge on any atom is 0.416 e. The molecule has 1 N–H and O–H groups in total. The zero-order chi connectivity index (χ0) is 29.1. The summed E-state index contributed by atoms with van der Waals surface area (Å²) >= 11 is 3.23. The lowest BCUT2D eigenvalue weighted by Gasteiger charge is -2.29. The Bertz CT molecular complexity index is 1730. The topological polar surface area (TPSA) is 88.5 Å². The van der Waals surface area contributed by atoms with Gasteiger partial charge in [0.2, 0.25) is 17.7 Å². The van der Waals surface area contributed by atoms with E-state index in [0.717, 1.165) is 63.2 Å². The third kappa shape index (κ3) is 4.89. The van der Waals surface area contributed by atoms with Gasteiger partial charge in [-0.25, -0.2) is 9.29 Å². The number of benzene rings is 2. The number of amides is 3. The van der Waals surface area contributed by atoms with Gasteiger partial charge in [0.1, 0.15) is 17.6 Å². The van der Waals surface area contributed by atoms with Crippen LogP contribution in [0.4, 0.5) is 28.9 Å². The quantitative estimate of drug-likeness (QED) is 0.233. The third-order valence-corrected chi connectivity index (χ3v) is 10.3. The number of fused-ring (bicyclic) bond motifs is 2. The molecule has 1 saturated heterocycles. The van der Waals surface area contributed by atoms with Gasteiger partial charge in [-0.15, -0.1) is 11.3 Å². The Morgan fingerprint density at radius 1 is 0.976 bits per heavy atom. The Labute approximate surface area is 241 Å². The highest BCUT2D eigenvalue weighted by Crippen LogP contribution is 2.54. The molecule has 2 aromatic carbocycles. The molecule has 0 aliphatic carbocycles. The Hall–Kier alpha value is -3.75. The van der Waals surface area contributed by atoms with Crippen molar-refractivity contribution in [3.63, 3.8) is 0 Å². The normalized spacial score (nSPS) is 20.2. The van der Waals surface area contributed by atoms with E-state index in [2.05, 4.69) is 5.32 Å². The van der Waals surface area contributed by atoms with Gasteiger partial charge in [-0.3, -0.25) is 23.7 Å². The van der Waals surface area contributed by atoms with Gasteiger partial charge >= 0.3 is 11.0 Å². The molecule has 0 spiro atoms. The lowest BCUT2D eigenvalue weighted by molar-refractivity contribution is -0.137. The van der Waals surface area contributed by atoms with Crippen molar-refractivity contribution in [3.05, 3.63) is 96.8 Å². The molecule has 0 bridgehead atoms. The van der Waals surface area contributed by atoms with Crippen molar-refractivity contribution in [3.8, 4) is 0 Å². The van der Waals surface area contributed by atoms with Crippen molar-refractivity contribution in [2.45, 2.75) is 28.9 Å². The molecule has 0 radical (unpaired) electrons.